The molecule has 0 bridgehead atoms. The van der Waals surface area contributed by atoms with Crippen molar-refractivity contribution < 1.29 is 9.59 Å². The molecule has 0 saturated carbocycles. The van der Waals surface area contributed by atoms with E-state index in [1.54, 1.807) is 24.3 Å². The van der Waals surface area contributed by atoms with Crippen LogP contribution in [0.3, 0.4) is 0 Å². The molecule has 1 atom stereocenters. The molecule has 0 radical (unpaired) electrons. The van der Waals surface area contributed by atoms with Gasteiger partial charge in [0.1, 0.15) is 6.04 Å². The van der Waals surface area contributed by atoms with E-state index in [0.717, 1.165) is 25.9 Å². The van der Waals surface area contributed by atoms with Gasteiger partial charge in [0.15, 0.2) is 0 Å². The number of nitrogens with one attached hydrogen (secondary N) is 1. The first-order valence-corrected chi connectivity index (χ1v) is 8.70. The van der Waals surface area contributed by atoms with Crippen molar-refractivity contribution in [2.75, 3.05) is 13.1 Å². The number of carbonyl (C=O) groups excluding carboxylic acids is 2. The zero-order chi connectivity index (χ0) is 16.8. The van der Waals surface area contributed by atoms with Gasteiger partial charge in [0.25, 0.3) is 5.91 Å². The van der Waals surface area contributed by atoms with E-state index in [1.807, 2.05) is 4.90 Å². The van der Waals surface area contributed by atoms with Crippen molar-refractivity contribution in [2.24, 2.45) is 5.92 Å². The predicted octanol–water partition coefficient (Wildman–Crippen LogP) is 3.50. The third-order valence-corrected chi connectivity index (χ3v) is 4.30. The van der Waals surface area contributed by atoms with Gasteiger partial charge in [-0.05, 0) is 49.8 Å². The lowest BCUT2D eigenvalue weighted by atomic mass is 10.0. The Hall–Kier alpha value is -1.55. The topological polar surface area (TPSA) is 49.4 Å². The van der Waals surface area contributed by atoms with Crippen LogP contribution in [-0.4, -0.2) is 35.8 Å². The Bertz CT molecular complexity index is 554. The minimum absolute atomic E-state index is 0.0359. The van der Waals surface area contributed by atoms with Gasteiger partial charge in [-0.2, -0.15) is 0 Å². The quantitative estimate of drug-likeness (QED) is 0.894. The van der Waals surface area contributed by atoms with Crippen molar-refractivity contribution in [3.05, 3.63) is 34.9 Å². The Kier molecular flexibility index (Phi) is 6.46. The van der Waals surface area contributed by atoms with Crippen LogP contribution in [0.5, 0.6) is 0 Å². The van der Waals surface area contributed by atoms with E-state index in [9.17, 15) is 9.59 Å². The normalized spacial score (nSPS) is 16.3. The van der Waals surface area contributed by atoms with Crippen LogP contribution in [0.2, 0.25) is 5.02 Å². The number of nitrogens with zero attached hydrogens (tertiary/aromatic N) is 1. The fourth-order valence-electron chi connectivity index (χ4n) is 2.90. The van der Waals surface area contributed by atoms with E-state index in [1.165, 1.54) is 6.42 Å². The summed E-state index contributed by atoms with van der Waals surface area (Å²) in [4.78, 5) is 27.1. The average Bonchev–Trinajstić information content (AvgIpc) is 2.54. The third-order valence-electron chi connectivity index (χ3n) is 4.07. The van der Waals surface area contributed by atoms with Crippen LogP contribution in [-0.2, 0) is 4.79 Å². The van der Waals surface area contributed by atoms with Gasteiger partial charge in [-0.15, -0.1) is 0 Å². The smallest absolute Gasteiger partial charge is 0.251 e. The van der Waals surface area contributed by atoms with Crippen molar-refractivity contribution >= 4 is 23.4 Å². The van der Waals surface area contributed by atoms with Crippen LogP contribution in [0.1, 0.15) is 49.9 Å². The lowest BCUT2D eigenvalue weighted by Crippen LogP contribution is -2.50. The van der Waals surface area contributed by atoms with E-state index >= 15 is 0 Å². The Balaban J connectivity index is 2.08. The zero-order valence-electron chi connectivity index (χ0n) is 13.8. The summed E-state index contributed by atoms with van der Waals surface area (Å²) in [5.74, 6) is 0.116. The van der Waals surface area contributed by atoms with Crippen LogP contribution in [0.25, 0.3) is 0 Å². The first-order valence-electron chi connectivity index (χ1n) is 8.32. The van der Waals surface area contributed by atoms with Gasteiger partial charge < -0.3 is 10.2 Å². The SMILES string of the molecule is CC(C)C[C@@H](NC(=O)c1cccc(Cl)c1)C(=O)N1CCCCC1. The first-order chi connectivity index (χ1) is 11.0. The molecule has 1 aliphatic rings. The summed E-state index contributed by atoms with van der Waals surface area (Å²) >= 11 is 5.94. The first kappa shape index (κ1) is 17.8. The standard InChI is InChI=1S/C18H25ClN2O2/c1-13(2)11-16(18(23)21-9-4-3-5-10-21)20-17(22)14-7-6-8-15(19)12-14/h6-8,12-13,16H,3-5,9-11H2,1-2H3,(H,20,22)/t16-/m1/s1. The highest BCUT2D eigenvalue weighted by molar-refractivity contribution is 6.31. The zero-order valence-corrected chi connectivity index (χ0v) is 14.6. The Morgan fingerprint density at radius 1 is 1.22 bits per heavy atom. The molecule has 1 heterocycles. The molecule has 126 valence electrons. The number of halogens is 1. The molecule has 1 fully saturated rings. The van der Waals surface area contributed by atoms with E-state index in [0.29, 0.717) is 22.9 Å². The molecule has 0 aromatic heterocycles. The summed E-state index contributed by atoms with van der Waals surface area (Å²) in [5.41, 5.74) is 0.484. The number of likely N-dealkylation sites (tertiary alicyclic amines) is 1. The summed E-state index contributed by atoms with van der Waals surface area (Å²) in [7, 11) is 0. The molecule has 1 aromatic carbocycles. The van der Waals surface area contributed by atoms with Gasteiger partial charge in [0, 0.05) is 23.7 Å². The van der Waals surface area contributed by atoms with E-state index in [4.69, 9.17) is 11.6 Å². The predicted molar refractivity (Wildman–Crippen MR) is 92.6 cm³/mol. The van der Waals surface area contributed by atoms with Crippen molar-refractivity contribution in [1.82, 2.24) is 10.2 Å². The second-order valence-electron chi connectivity index (χ2n) is 6.55. The maximum atomic E-state index is 12.8. The number of piperidine rings is 1. The molecule has 23 heavy (non-hydrogen) atoms. The average molecular weight is 337 g/mol. The third kappa shape index (κ3) is 5.24. The van der Waals surface area contributed by atoms with Gasteiger partial charge >= 0.3 is 0 Å². The maximum Gasteiger partial charge on any atom is 0.251 e. The van der Waals surface area contributed by atoms with Crippen molar-refractivity contribution in [3.63, 3.8) is 0 Å². The van der Waals surface area contributed by atoms with Crippen LogP contribution in [0.4, 0.5) is 0 Å². The summed E-state index contributed by atoms with van der Waals surface area (Å²) in [6.45, 7) is 5.70. The van der Waals surface area contributed by atoms with E-state index in [2.05, 4.69) is 19.2 Å². The molecule has 0 unspecified atom stereocenters. The molecular weight excluding hydrogens is 312 g/mol. The fourth-order valence-corrected chi connectivity index (χ4v) is 3.09. The summed E-state index contributed by atoms with van der Waals surface area (Å²) in [6.07, 6.45) is 3.90. The molecule has 1 N–H and O–H groups in total. The molecule has 2 amide bonds. The van der Waals surface area contributed by atoms with Crippen molar-refractivity contribution in [2.45, 2.75) is 45.6 Å². The largest absolute Gasteiger partial charge is 0.341 e. The fraction of sp³-hybridized carbons (Fsp3) is 0.556. The van der Waals surface area contributed by atoms with Crippen LogP contribution in [0, 0.1) is 5.92 Å². The molecule has 1 aliphatic heterocycles. The number of carbonyl (C=O) groups is 2. The molecule has 5 heteroatoms. The van der Waals surface area contributed by atoms with E-state index in [-0.39, 0.29) is 11.8 Å². The molecule has 0 spiro atoms. The van der Waals surface area contributed by atoms with Crippen LogP contribution >= 0.6 is 11.6 Å². The molecule has 1 aromatic rings. The summed E-state index contributed by atoms with van der Waals surface area (Å²) in [6, 6.07) is 6.32. The van der Waals surface area contributed by atoms with Gasteiger partial charge in [-0.1, -0.05) is 31.5 Å². The molecular formula is C18H25ClN2O2. The van der Waals surface area contributed by atoms with Crippen molar-refractivity contribution in [1.29, 1.82) is 0 Å². The molecule has 4 nitrogen and oxygen atoms in total. The summed E-state index contributed by atoms with van der Waals surface area (Å²) in [5, 5.41) is 3.41. The Morgan fingerprint density at radius 3 is 2.52 bits per heavy atom. The lowest BCUT2D eigenvalue weighted by molar-refractivity contribution is -0.134. The maximum absolute atomic E-state index is 12.8. The Morgan fingerprint density at radius 2 is 1.91 bits per heavy atom. The minimum Gasteiger partial charge on any atom is -0.341 e. The molecule has 1 saturated heterocycles. The number of benzene rings is 1. The monoisotopic (exact) mass is 336 g/mol. The highest BCUT2D eigenvalue weighted by Gasteiger charge is 2.27. The number of hydrogen-bond acceptors (Lipinski definition) is 2. The second kappa shape index (κ2) is 8.34. The summed E-state index contributed by atoms with van der Waals surface area (Å²) < 4.78 is 0. The second-order valence-corrected chi connectivity index (χ2v) is 6.99. The van der Waals surface area contributed by atoms with Gasteiger partial charge in [0.2, 0.25) is 5.91 Å². The highest BCUT2D eigenvalue weighted by atomic mass is 35.5. The van der Waals surface area contributed by atoms with Gasteiger partial charge in [-0.3, -0.25) is 9.59 Å². The highest BCUT2D eigenvalue weighted by Crippen LogP contribution is 2.15. The Labute approximate surface area is 143 Å². The number of amides is 2. The lowest BCUT2D eigenvalue weighted by Gasteiger charge is -2.31. The van der Waals surface area contributed by atoms with E-state index < -0.39 is 6.04 Å². The minimum atomic E-state index is -0.473. The van der Waals surface area contributed by atoms with Gasteiger partial charge in [-0.25, -0.2) is 0 Å². The van der Waals surface area contributed by atoms with Crippen LogP contribution in [0.15, 0.2) is 24.3 Å². The van der Waals surface area contributed by atoms with Crippen molar-refractivity contribution in [3.8, 4) is 0 Å². The number of rotatable bonds is 5. The number of hydrogen-bond donors (Lipinski definition) is 1. The van der Waals surface area contributed by atoms with Gasteiger partial charge in [0.05, 0.1) is 0 Å². The van der Waals surface area contributed by atoms with Crippen LogP contribution < -0.4 is 5.32 Å². The molecule has 2 rings (SSSR count). The molecule has 0 aliphatic carbocycles.